The van der Waals surface area contributed by atoms with Gasteiger partial charge in [-0.15, -0.1) is 0 Å². The van der Waals surface area contributed by atoms with E-state index in [4.69, 9.17) is 5.73 Å². The van der Waals surface area contributed by atoms with Crippen molar-refractivity contribution in [1.82, 2.24) is 4.98 Å². The number of aryl methyl sites for hydroxylation is 1. The first-order valence-corrected chi connectivity index (χ1v) is 7.44. The summed E-state index contributed by atoms with van der Waals surface area (Å²) >= 11 is 0. The summed E-state index contributed by atoms with van der Waals surface area (Å²) in [5, 5.41) is 4.78. The predicted molar refractivity (Wildman–Crippen MR) is 87.0 cm³/mol. The van der Waals surface area contributed by atoms with E-state index in [1.165, 1.54) is 5.39 Å². The van der Waals surface area contributed by atoms with E-state index < -0.39 is 0 Å². The molecule has 0 saturated heterocycles. The molecule has 0 aliphatic rings. The van der Waals surface area contributed by atoms with Crippen molar-refractivity contribution in [1.29, 1.82) is 0 Å². The topological polar surface area (TPSA) is 50.9 Å². The number of pyridine rings is 1. The lowest BCUT2D eigenvalue weighted by atomic mass is 9.82. The molecule has 1 aromatic carbocycles. The SMILES string of the molecule is CCC(CC)(CN)CNc1cc(C)nc2ccccc12. The van der Waals surface area contributed by atoms with E-state index in [1.807, 2.05) is 13.0 Å². The summed E-state index contributed by atoms with van der Waals surface area (Å²) in [6.45, 7) is 8.09. The quantitative estimate of drug-likeness (QED) is 0.842. The Labute approximate surface area is 121 Å². The molecule has 3 N–H and O–H groups in total. The number of fused-ring (bicyclic) bond motifs is 1. The molecule has 1 aromatic heterocycles. The number of aromatic nitrogens is 1. The van der Waals surface area contributed by atoms with Crippen LogP contribution in [0.25, 0.3) is 10.9 Å². The smallest absolute Gasteiger partial charge is 0.0725 e. The van der Waals surface area contributed by atoms with Gasteiger partial charge in [-0.25, -0.2) is 0 Å². The fourth-order valence-corrected chi connectivity index (χ4v) is 2.60. The number of hydrogen-bond donors (Lipinski definition) is 2. The average molecular weight is 271 g/mol. The van der Waals surface area contributed by atoms with Crippen LogP contribution in [0.5, 0.6) is 0 Å². The van der Waals surface area contributed by atoms with Gasteiger partial charge >= 0.3 is 0 Å². The summed E-state index contributed by atoms with van der Waals surface area (Å²) in [6, 6.07) is 10.4. The Kier molecular flexibility index (Phi) is 4.61. The Morgan fingerprint density at radius 3 is 2.55 bits per heavy atom. The summed E-state index contributed by atoms with van der Waals surface area (Å²) in [5.74, 6) is 0. The minimum absolute atomic E-state index is 0.179. The van der Waals surface area contributed by atoms with Crippen LogP contribution in [0.1, 0.15) is 32.4 Å². The van der Waals surface area contributed by atoms with Gasteiger partial charge in [0.15, 0.2) is 0 Å². The van der Waals surface area contributed by atoms with Gasteiger partial charge in [-0.2, -0.15) is 0 Å². The molecule has 0 aliphatic carbocycles. The van der Waals surface area contributed by atoms with Crippen molar-refractivity contribution >= 4 is 16.6 Å². The van der Waals surface area contributed by atoms with Gasteiger partial charge in [0.05, 0.1) is 5.52 Å². The lowest BCUT2D eigenvalue weighted by molar-refractivity contribution is 0.295. The summed E-state index contributed by atoms with van der Waals surface area (Å²) < 4.78 is 0. The number of nitrogens with two attached hydrogens (primary N) is 1. The van der Waals surface area contributed by atoms with Crippen LogP contribution in [0.15, 0.2) is 30.3 Å². The predicted octanol–water partition coefficient (Wildman–Crippen LogP) is 3.72. The van der Waals surface area contributed by atoms with Crippen LogP contribution in [0.3, 0.4) is 0 Å². The van der Waals surface area contributed by atoms with E-state index >= 15 is 0 Å². The molecule has 0 unspecified atom stereocenters. The molecule has 0 radical (unpaired) electrons. The lowest BCUT2D eigenvalue weighted by Crippen LogP contribution is -2.36. The van der Waals surface area contributed by atoms with Gasteiger partial charge in [0.2, 0.25) is 0 Å². The van der Waals surface area contributed by atoms with E-state index in [2.05, 4.69) is 48.4 Å². The number of nitrogens with one attached hydrogen (secondary N) is 1. The average Bonchev–Trinajstić information content (AvgIpc) is 2.49. The van der Waals surface area contributed by atoms with E-state index in [1.54, 1.807) is 0 Å². The normalized spacial score (nSPS) is 11.8. The number of para-hydroxylation sites is 1. The van der Waals surface area contributed by atoms with Crippen molar-refractivity contribution in [3.8, 4) is 0 Å². The summed E-state index contributed by atoms with van der Waals surface area (Å²) in [6.07, 6.45) is 2.18. The van der Waals surface area contributed by atoms with Gasteiger partial charge < -0.3 is 11.1 Å². The zero-order valence-corrected chi connectivity index (χ0v) is 12.7. The fraction of sp³-hybridized carbons (Fsp3) is 0.471. The highest BCUT2D eigenvalue weighted by molar-refractivity contribution is 5.91. The van der Waals surface area contributed by atoms with Crippen LogP contribution < -0.4 is 11.1 Å². The molecule has 3 heteroatoms. The maximum atomic E-state index is 5.98. The highest BCUT2D eigenvalue weighted by Crippen LogP contribution is 2.28. The van der Waals surface area contributed by atoms with Crippen molar-refractivity contribution in [3.05, 3.63) is 36.0 Å². The Morgan fingerprint density at radius 1 is 1.20 bits per heavy atom. The molecule has 0 fully saturated rings. The van der Waals surface area contributed by atoms with Crippen molar-refractivity contribution in [2.75, 3.05) is 18.4 Å². The maximum Gasteiger partial charge on any atom is 0.0725 e. The summed E-state index contributed by atoms with van der Waals surface area (Å²) in [7, 11) is 0. The van der Waals surface area contributed by atoms with Crippen LogP contribution in [-0.2, 0) is 0 Å². The van der Waals surface area contributed by atoms with Crippen LogP contribution >= 0.6 is 0 Å². The van der Waals surface area contributed by atoms with Gasteiger partial charge in [0.25, 0.3) is 0 Å². The highest BCUT2D eigenvalue weighted by Gasteiger charge is 2.24. The van der Waals surface area contributed by atoms with Crippen molar-refractivity contribution < 1.29 is 0 Å². The first-order valence-electron chi connectivity index (χ1n) is 7.44. The second kappa shape index (κ2) is 6.23. The van der Waals surface area contributed by atoms with Crippen molar-refractivity contribution in [2.24, 2.45) is 11.1 Å². The third-order valence-corrected chi connectivity index (χ3v) is 4.43. The molecular formula is C17H25N3. The monoisotopic (exact) mass is 271 g/mol. The molecule has 0 amide bonds. The van der Waals surface area contributed by atoms with Crippen LogP contribution in [0.2, 0.25) is 0 Å². The lowest BCUT2D eigenvalue weighted by Gasteiger charge is -2.31. The molecule has 2 aromatic rings. The summed E-state index contributed by atoms with van der Waals surface area (Å²) in [5.41, 5.74) is 9.40. The number of benzene rings is 1. The Morgan fingerprint density at radius 2 is 1.90 bits per heavy atom. The minimum atomic E-state index is 0.179. The molecule has 1 heterocycles. The second-order valence-electron chi connectivity index (χ2n) is 5.59. The third kappa shape index (κ3) is 2.93. The molecule has 3 nitrogen and oxygen atoms in total. The zero-order valence-electron chi connectivity index (χ0n) is 12.7. The fourth-order valence-electron chi connectivity index (χ4n) is 2.60. The zero-order chi connectivity index (χ0) is 14.6. The number of anilines is 1. The molecular weight excluding hydrogens is 246 g/mol. The number of nitrogens with zero attached hydrogens (tertiary/aromatic N) is 1. The van der Waals surface area contributed by atoms with Gasteiger partial charge in [0, 0.05) is 23.3 Å². The van der Waals surface area contributed by atoms with Crippen LogP contribution in [0, 0.1) is 12.3 Å². The third-order valence-electron chi connectivity index (χ3n) is 4.43. The van der Waals surface area contributed by atoms with Crippen LogP contribution in [0.4, 0.5) is 5.69 Å². The van der Waals surface area contributed by atoms with Crippen molar-refractivity contribution in [3.63, 3.8) is 0 Å². The first kappa shape index (κ1) is 14.8. The second-order valence-corrected chi connectivity index (χ2v) is 5.59. The standard InChI is InChI=1S/C17H25N3/c1-4-17(5-2,11-18)12-19-16-10-13(3)20-15-9-7-6-8-14(15)16/h6-10H,4-5,11-12,18H2,1-3H3,(H,19,20). The Hall–Kier alpha value is -1.61. The minimum Gasteiger partial charge on any atom is -0.384 e. The Bertz CT molecular complexity index is 565. The molecule has 20 heavy (non-hydrogen) atoms. The number of rotatable bonds is 6. The van der Waals surface area contributed by atoms with Gasteiger partial charge in [-0.1, -0.05) is 32.0 Å². The molecule has 0 aliphatic heterocycles. The van der Waals surface area contributed by atoms with E-state index in [0.717, 1.165) is 42.8 Å². The van der Waals surface area contributed by atoms with Crippen LogP contribution in [-0.4, -0.2) is 18.1 Å². The number of hydrogen-bond acceptors (Lipinski definition) is 3. The molecule has 0 bridgehead atoms. The van der Waals surface area contributed by atoms with Crippen molar-refractivity contribution in [2.45, 2.75) is 33.6 Å². The van der Waals surface area contributed by atoms with E-state index in [9.17, 15) is 0 Å². The molecule has 0 saturated carbocycles. The first-order chi connectivity index (χ1) is 9.64. The molecule has 0 atom stereocenters. The maximum absolute atomic E-state index is 5.98. The van der Waals surface area contributed by atoms with Gasteiger partial charge in [-0.3, -0.25) is 4.98 Å². The van der Waals surface area contributed by atoms with E-state index in [0.29, 0.717) is 0 Å². The Balaban J connectivity index is 2.30. The summed E-state index contributed by atoms with van der Waals surface area (Å²) in [4.78, 5) is 4.58. The van der Waals surface area contributed by atoms with Gasteiger partial charge in [-0.05, 0) is 43.9 Å². The van der Waals surface area contributed by atoms with E-state index in [-0.39, 0.29) is 5.41 Å². The highest BCUT2D eigenvalue weighted by atomic mass is 14.9. The molecule has 2 rings (SSSR count). The van der Waals surface area contributed by atoms with Gasteiger partial charge in [0.1, 0.15) is 0 Å². The molecule has 108 valence electrons. The molecule has 0 spiro atoms. The largest absolute Gasteiger partial charge is 0.384 e.